The number of aromatic nitrogens is 1. The number of hydrogen-bond donors (Lipinski definition) is 1. The molecule has 5 heteroatoms. The predicted octanol–water partition coefficient (Wildman–Crippen LogP) is 4.82. The van der Waals surface area contributed by atoms with Gasteiger partial charge in [-0.1, -0.05) is 47.7 Å². The van der Waals surface area contributed by atoms with E-state index in [1.807, 2.05) is 37.3 Å². The van der Waals surface area contributed by atoms with E-state index in [4.69, 9.17) is 0 Å². The third kappa shape index (κ3) is 3.29. The summed E-state index contributed by atoms with van der Waals surface area (Å²) in [5.74, 6) is -0.754. The van der Waals surface area contributed by atoms with E-state index in [1.165, 1.54) is 17.4 Å². The fourth-order valence-corrected chi connectivity index (χ4v) is 3.18. The van der Waals surface area contributed by atoms with Gasteiger partial charge in [-0.15, -0.1) is 0 Å². The summed E-state index contributed by atoms with van der Waals surface area (Å²) >= 11 is 1.41. The van der Waals surface area contributed by atoms with Crippen LogP contribution in [-0.4, -0.2) is 10.9 Å². The van der Waals surface area contributed by atoms with Crippen LogP contribution in [0.3, 0.4) is 0 Å². The molecule has 0 radical (unpaired) electrons. The molecule has 3 nitrogen and oxygen atoms in total. The van der Waals surface area contributed by atoms with Gasteiger partial charge in [0.25, 0.3) is 5.91 Å². The highest BCUT2D eigenvalue weighted by molar-refractivity contribution is 7.19. The van der Waals surface area contributed by atoms with Crippen molar-refractivity contribution in [1.82, 2.24) is 4.98 Å². The average molecular weight is 326 g/mol. The lowest BCUT2D eigenvalue weighted by molar-refractivity contribution is 0.102. The van der Waals surface area contributed by atoms with Crippen LogP contribution in [-0.2, 0) is 0 Å². The van der Waals surface area contributed by atoms with E-state index < -0.39 is 5.82 Å². The fraction of sp³-hybridized carbons (Fsp3) is 0.111. The lowest BCUT2D eigenvalue weighted by Crippen LogP contribution is -2.12. The summed E-state index contributed by atoms with van der Waals surface area (Å²) in [6, 6.07) is 14.3. The quantitative estimate of drug-likeness (QED) is 0.750. The molecule has 2 aromatic carbocycles. The standard InChI is InChI=1S/C18H15FN2OS/c1-11-8-9-14(10-15(11)19)17(22)21-18-20-12(2)16(23-18)13-6-4-3-5-7-13/h3-10H,1-2H3,(H,20,21,22). The van der Waals surface area contributed by atoms with Crippen LogP contribution in [0.4, 0.5) is 9.52 Å². The normalized spacial score (nSPS) is 10.6. The van der Waals surface area contributed by atoms with Crippen LogP contribution in [0.2, 0.25) is 0 Å². The number of nitrogens with one attached hydrogen (secondary N) is 1. The first-order chi connectivity index (χ1) is 11.0. The molecular formula is C18H15FN2OS. The molecule has 0 aliphatic heterocycles. The molecule has 0 aliphatic carbocycles. The minimum Gasteiger partial charge on any atom is -0.298 e. The number of carbonyl (C=O) groups excluding carboxylic acids is 1. The summed E-state index contributed by atoms with van der Waals surface area (Å²) in [4.78, 5) is 17.6. The summed E-state index contributed by atoms with van der Waals surface area (Å²) in [7, 11) is 0. The van der Waals surface area contributed by atoms with Crippen LogP contribution in [0.1, 0.15) is 21.6 Å². The predicted molar refractivity (Wildman–Crippen MR) is 91.4 cm³/mol. The number of anilines is 1. The first-order valence-corrected chi connectivity index (χ1v) is 7.96. The Bertz CT molecular complexity index is 859. The van der Waals surface area contributed by atoms with Crippen molar-refractivity contribution in [1.29, 1.82) is 0 Å². The number of thiazole rings is 1. The van der Waals surface area contributed by atoms with E-state index in [0.717, 1.165) is 16.1 Å². The van der Waals surface area contributed by atoms with Crippen molar-refractivity contribution in [3.8, 4) is 10.4 Å². The van der Waals surface area contributed by atoms with Crippen LogP contribution in [0, 0.1) is 19.7 Å². The Morgan fingerprint density at radius 1 is 1.13 bits per heavy atom. The van der Waals surface area contributed by atoms with Gasteiger partial charge in [-0.25, -0.2) is 9.37 Å². The highest BCUT2D eigenvalue weighted by Gasteiger charge is 2.13. The number of carbonyl (C=O) groups is 1. The van der Waals surface area contributed by atoms with Crippen LogP contribution < -0.4 is 5.32 Å². The zero-order valence-corrected chi connectivity index (χ0v) is 13.6. The van der Waals surface area contributed by atoms with Gasteiger partial charge in [0.1, 0.15) is 5.82 Å². The number of amides is 1. The van der Waals surface area contributed by atoms with Gasteiger partial charge in [0, 0.05) is 5.56 Å². The summed E-state index contributed by atoms with van der Waals surface area (Å²) < 4.78 is 13.6. The molecular weight excluding hydrogens is 311 g/mol. The summed E-state index contributed by atoms with van der Waals surface area (Å²) in [6.07, 6.45) is 0. The molecule has 0 atom stereocenters. The van der Waals surface area contributed by atoms with Crippen molar-refractivity contribution in [2.24, 2.45) is 0 Å². The van der Waals surface area contributed by atoms with E-state index in [1.54, 1.807) is 19.1 Å². The largest absolute Gasteiger partial charge is 0.298 e. The minimum absolute atomic E-state index is 0.280. The smallest absolute Gasteiger partial charge is 0.257 e. The van der Waals surface area contributed by atoms with E-state index >= 15 is 0 Å². The Hall–Kier alpha value is -2.53. The minimum atomic E-state index is -0.391. The number of hydrogen-bond acceptors (Lipinski definition) is 3. The number of halogens is 1. The Morgan fingerprint density at radius 3 is 2.57 bits per heavy atom. The molecule has 1 heterocycles. The van der Waals surface area contributed by atoms with Crippen LogP contribution in [0.15, 0.2) is 48.5 Å². The molecule has 0 aliphatic rings. The van der Waals surface area contributed by atoms with Gasteiger partial charge in [0.2, 0.25) is 0 Å². The van der Waals surface area contributed by atoms with Crippen LogP contribution in [0.25, 0.3) is 10.4 Å². The SMILES string of the molecule is Cc1ccc(C(=O)Nc2nc(C)c(-c3ccccc3)s2)cc1F. The van der Waals surface area contributed by atoms with E-state index in [9.17, 15) is 9.18 Å². The molecule has 0 saturated heterocycles. The fourth-order valence-electron chi connectivity index (χ4n) is 2.21. The third-order valence-electron chi connectivity index (χ3n) is 3.49. The topological polar surface area (TPSA) is 42.0 Å². The number of benzene rings is 2. The Labute approximate surface area is 137 Å². The maximum absolute atomic E-state index is 13.6. The molecule has 0 fully saturated rings. The molecule has 0 bridgehead atoms. The van der Waals surface area contributed by atoms with Crippen molar-refractivity contribution in [2.45, 2.75) is 13.8 Å². The third-order valence-corrected chi connectivity index (χ3v) is 4.61. The molecule has 3 aromatic rings. The zero-order valence-electron chi connectivity index (χ0n) is 12.8. The lowest BCUT2D eigenvalue weighted by atomic mass is 10.1. The molecule has 0 spiro atoms. The average Bonchev–Trinajstić information content (AvgIpc) is 2.91. The number of nitrogens with zero attached hydrogens (tertiary/aromatic N) is 1. The second-order valence-corrected chi connectivity index (χ2v) is 6.22. The number of aryl methyl sites for hydroxylation is 2. The van der Waals surface area contributed by atoms with Gasteiger partial charge < -0.3 is 0 Å². The Balaban J connectivity index is 1.83. The van der Waals surface area contributed by atoms with Gasteiger partial charge in [-0.3, -0.25) is 10.1 Å². The van der Waals surface area contributed by atoms with Crippen molar-refractivity contribution in [2.75, 3.05) is 5.32 Å². The molecule has 1 N–H and O–H groups in total. The van der Waals surface area contributed by atoms with Gasteiger partial charge in [0.05, 0.1) is 10.6 Å². The van der Waals surface area contributed by atoms with Crippen molar-refractivity contribution < 1.29 is 9.18 Å². The van der Waals surface area contributed by atoms with Crippen molar-refractivity contribution in [3.05, 3.63) is 71.2 Å². The van der Waals surface area contributed by atoms with Gasteiger partial charge in [0.15, 0.2) is 5.13 Å². The van der Waals surface area contributed by atoms with E-state index in [-0.39, 0.29) is 11.5 Å². The Kier molecular flexibility index (Phi) is 4.21. The zero-order chi connectivity index (χ0) is 16.4. The molecule has 3 rings (SSSR count). The van der Waals surface area contributed by atoms with E-state index in [2.05, 4.69) is 10.3 Å². The van der Waals surface area contributed by atoms with Crippen molar-refractivity contribution in [3.63, 3.8) is 0 Å². The number of rotatable bonds is 3. The monoisotopic (exact) mass is 326 g/mol. The molecule has 0 saturated carbocycles. The van der Waals surface area contributed by atoms with Crippen LogP contribution in [0.5, 0.6) is 0 Å². The molecule has 23 heavy (non-hydrogen) atoms. The summed E-state index contributed by atoms with van der Waals surface area (Å²) in [5, 5.41) is 3.24. The first-order valence-electron chi connectivity index (χ1n) is 7.15. The van der Waals surface area contributed by atoms with Gasteiger partial charge in [-0.2, -0.15) is 0 Å². The molecule has 1 aromatic heterocycles. The highest BCUT2D eigenvalue weighted by Crippen LogP contribution is 2.32. The molecule has 1 amide bonds. The second-order valence-electron chi connectivity index (χ2n) is 5.22. The van der Waals surface area contributed by atoms with E-state index in [0.29, 0.717) is 10.7 Å². The maximum Gasteiger partial charge on any atom is 0.257 e. The van der Waals surface area contributed by atoms with Crippen molar-refractivity contribution >= 4 is 22.4 Å². The summed E-state index contributed by atoms with van der Waals surface area (Å²) in [6.45, 7) is 3.56. The molecule has 116 valence electrons. The highest BCUT2D eigenvalue weighted by atomic mass is 32.1. The first kappa shape index (κ1) is 15.4. The Morgan fingerprint density at radius 2 is 1.87 bits per heavy atom. The second kappa shape index (κ2) is 6.30. The van der Waals surface area contributed by atoms with Gasteiger partial charge in [-0.05, 0) is 37.1 Å². The van der Waals surface area contributed by atoms with Gasteiger partial charge >= 0.3 is 0 Å². The molecule has 0 unspecified atom stereocenters. The summed E-state index contributed by atoms with van der Waals surface area (Å²) in [5.41, 5.74) is 2.70. The van der Waals surface area contributed by atoms with Crippen LogP contribution >= 0.6 is 11.3 Å². The lowest BCUT2D eigenvalue weighted by Gasteiger charge is -2.03. The maximum atomic E-state index is 13.6.